The van der Waals surface area contributed by atoms with Crippen molar-refractivity contribution in [1.29, 1.82) is 0 Å². The predicted molar refractivity (Wildman–Crippen MR) is 146 cm³/mol. The molecule has 0 radical (unpaired) electrons. The summed E-state index contributed by atoms with van der Waals surface area (Å²) in [7, 11) is 0. The molecule has 0 unspecified atom stereocenters. The number of pyridine rings is 1. The second-order valence-corrected chi connectivity index (χ2v) is 9.61. The molecule has 6 rings (SSSR count). The number of halogens is 1. The molecule has 1 fully saturated rings. The summed E-state index contributed by atoms with van der Waals surface area (Å²) >= 11 is 0. The van der Waals surface area contributed by atoms with Crippen LogP contribution in [0.3, 0.4) is 0 Å². The number of aromatic nitrogens is 4. The SMILES string of the molecule is Cc1ccc(COc2cc(F)cc(Oc3ccc(-n4cc(C5CCOCC5)c5ncnc(N)c54)cc3)c2)cn1. The van der Waals surface area contributed by atoms with Gasteiger partial charge in [-0.25, -0.2) is 14.4 Å². The van der Waals surface area contributed by atoms with E-state index in [1.54, 1.807) is 12.3 Å². The number of benzene rings is 2. The topological polar surface area (TPSA) is 97.3 Å². The fourth-order valence-electron chi connectivity index (χ4n) is 4.86. The van der Waals surface area contributed by atoms with Crippen LogP contribution in [0.2, 0.25) is 0 Å². The van der Waals surface area contributed by atoms with Gasteiger partial charge in [0.15, 0.2) is 5.82 Å². The van der Waals surface area contributed by atoms with E-state index in [1.807, 2.05) is 47.9 Å². The van der Waals surface area contributed by atoms with Gasteiger partial charge in [-0.15, -0.1) is 0 Å². The molecule has 8 nitrogen and oxygen atoms in total. The summed E-state index contributed by atoms with van der Waals surface area (Å²) in [6.45, 7) is 3.67. The summed E-state index contributed by atoms with van der Waals surface area (Å²) in [5, 5.41) is 0. The molecule has 2 aromatic carbocycles. The van der Waals surface area contributed by atoms with Gasteiger partial charge in [0.2, 0.25) is 0 Å². The Labute approximate surface area is 225 Å². The van der Waals surface area contributed by atoms with Crippen LogP contribution >= 0.6 is 0 Å². The second-order valence-electron chi connectivity index (χ2n) is 9.61. The van der Waals surface area contributed by atoms with Crippen molar-refractivity contribution in [3.63, 3.8) is 0 Å². The summed E-state index contributed by atoms with van der Waals surface area (Å²) in [4.78, 5) is 13.0. The monoisotopic (exact) mass is 525 g/mol. The van der Waals surface area contributed by atoms with Crippen molar-refractivity contribution < 1.29 is 18.6 Å². The van der Waals surface area contributed by atoms with E-state index in [0.29, 0.717) is 29.0 Å². The van der Waals surface area contributed by atoms with Crippen LogP contribution in [-0.2, 0) is 11.3 Å². The van der Waals surface area contributed by atoms with Crippen LogP contribution in [0.25, 0.3) is 16.7 Å². The van der Waals surface area contributed by atoms with Crippen molar-refractivity contribution in [2.75, 3.05) is 18.9 Å². The number of hydrogen-bond donors (Lipinski definition) is 1. The highest BCUT2D eigenvalue weighted by Crippen LogP contribution is 2.36. The predicted octanol–water partition coefficient (Wildman–Crippen LogP) is 6.11. The molecule has 4 heterocycles. The minimum absolute atomic E-state index is 0.276. The summed E-state index contributed by atoms with van der Waals surface area (Å²) in [6, 6.07) is 15.7. The third-order valence-electron chi connectivity index (χ3n) is 6.87. The third-order valence-corrected chi connectivity index (χ3v) is 6.87. The lowest BCUT2D eigenvalue weighted by molar-refractivity contribution is 0.0855. The van der Waals surface area contributed by atoms with E-state index in [4.69, 9.17) is 19.9 Å². The van der Waals surface area contributed by atoms with E-state index in [9.17, 15) is 4.39 Å². The molecule has 0 saturated carbocycles. The average molecular weight is 526 g/mol. The molecule has 0 bridgehead atoms. The van der Waals surface area contributed by atoms with Gasteiger partial charge in [-0.05, 0) is 56.0 Å². The van der Waals surface area contributed by atoms with Gasteiger partial charge in [0.1, 0.15) is 41.5 Å². The van der Waals surface area contributed by atoms with Gasteiger partial charge >= 0.3 is 0 Å². The van der Waals surface area contributed by atoms with Gasteiger partial charge in [0.05, 0.1) is 5.52 Å². The van der Waals surface area contributed by atoms with Gasteiger partial charge in [0, 0.05) is 66.3 Å². The molecule has 1 aliphatic heterocycles. The maximum atomic E-state index is 14.3. The Hall–Kier alpha value is -4.50. The number of rotatable bonds is 7. The average Bonchev–Trinajstić information content (AvgIpc) is 3.34. The highest BCUT2D eigenvalue weighted by Gasteiger charge is 2.23. The van der Waals surface area contributed by atoms with E-state index < -0.39 is 5.82 Å². The zero-order valence-electron chi connectivity index (χ0n) is 21.5. The number of aryl methyl sites for hydroxylation is 1. The molecular weight excluding hydrogens is 497 g/mol. The van der Waals surface area contributed by atoms with Gasteiger partial charge < -0.3 is 24.5 Å². The van der Waals surface area contributed by atoms with E-state index in [0.717, 1.165) is 59.6 Å². The number of nitrogens with two attached hydrogens (primary N) is 1. The summed E-state index contributed by atoms with van der Waals surface area (Å²) < 4.78 is 33.6. The highest BCUT2D eigenvalue weighted by molar-refractivity contribution is 5.90. The van der Waals surface area contributed by atoms with E-state index >= 15 is 0 Å². The van der Waals surface area contributed by atoms with Crippen LogP contribution in [-0.4, -0.2) is 32.7 Å². The van der Waals surface area contributed by atoms with Crippen LogP contribution in [0.15, 0.2) is 73.3 Å². The number of fused-ring (bicyclic) bond motifs is 1. The number of nitrogen functional groups attached to an aromatic ring is 1. The first-order valence-electron chi connectivity index (χ1n) is 12.9. The molecular formula is C30H28FN5O3. The quantitative estimate of drug-likeness (QED) is 0.274. The lowest BCUT2D eigenvalue weighted by Gasteiger charge is -2.21. The number of nitrogens with zero attached hydrogens (tertiary/aromatic N) is 4. The first-order valence-corrected chi connectivity index (χ1v) is 12.9. The first kappa shape index (κ1) is 24.8. The Morgan fingerprint density at radius 1 is 0.974 bits per heavy atom. The van der Waals surface area contributed by atoms with Gasteiger partial charge in [-0.3, -0.25) is 4.98 Å². The molecule has 1 saturated heterocycles. The Morgan fingerprint density at radius 2 is 1.77 bits per heavy atom. The lowest BCUT2D eigenvalue weighted by Crippen LogP contribution is -2.14. The second kappa shape index (κ2) is 10.7. The van der Waals surface area contributed by atoms with E-state index in [-0.39, 0.29) is 6.61 Å². The smallest absolute Gasteiger partial charge is 0.151 e. The lowest BCUT2D eigenvalue weighted by atomic mass is 9.93. The number of ether oxygens (including phenoxy) is 3. The minimum atomic E-state index is -0.448. The molecule has 9 heteroatoms. The zero-order valence-corrected chi connectivity index (χ0v) is 21.5. The van der Waals surface area contributed by atoms with Crippen molar-refractivity contribution in [2.45, 2.75) is 32.3 Å². The molecule has 39 heavy (non-hydrogen) atoms. The standard InChI is InChI=1S/C30H28FN5O3/c1-19-2-3-20(15-33-19)17-38-25-12-22(31)13-26(14-25)39-24-6-4-23(5-7-24)36-16-27(21-8-10-37-11-9-21)28-29(36)30(32)35-18-34-28/h2-7,12-16,18,21H,8-11,17H2,1H3,(H2,32,34,35). The number of anilines is 1. The summed E-state index contributed by atoms with van der Waals surface area (Å²) in [6.07, 6.45) is 7.24. The molecule has 1 aliphatic rings. The Morgan fingerprint density at radius 3 is 2.54 bits per heavy atom. The van der Waals surface area contributed by atoms with Crippen molar-refractivity contribution >= 4 is 16.9 Å². The van der Waals surface area contributed by atoms with Crippen molar-refractivity contribution in [3.05, 3.63) is 96.0 Å². The molecule has 0 spiro atoms. The first-order chi connectivity index (χ1) is 19.0. The van der Waals surface area contributed by atoms with Gasteiger partial charge in [-0.2, -0.15) is 0 Å². The number of hydrogen-bond acceptors (Lipinski definition) is 7. The normalized spacial score (nSPS) is 14.0. The summed E-state index contributed by atoms with van der Waals surface area (Å²) in [5.41, 5.74) is 11.8. The van der Waals surface area contributed by atoms with Crippen LogP contribution in [0.1, 0.15) is 35.6 Å². The maximum Gasteiger partial charge on any atom is 0.151 e. The molecule has 0 amide bonds. The molecule has 198 valence electrons. The van der Waals surface area contributed by atoms with Crippen molar-refractivity contribution in [2.24, 2.45) is 0 Å². The van der Waals surface area contributed by atoms with Gasteiger partial charge in [-0.1, -0.05) is 6.07 Å². The minimum Gasteiger partial charge on any atom is -0.489 e. The fourth-order valence-corrected chi connectivity index (χ4v) is 4.86. The molecule has 2 N–H and O–H groups in total. The van der Waals surface area contributed by atoms with E-state index in [2.05, 4.69) is 21.1 Å². The molecule has 3 aromatic heterocycles. The Bertz CT molecular complexity index is 1600. The van der Waals surface area contributed by atoms with E-state index in [1.165, 1.54) is 18.5 Å². The van der Waals surface area contributed by atoms with Crippen LogP contribution < -0.4 is 15.2 Å². The van der Waals surface area contributed by atoms with Crippen molar-refractivity contribution in [3.8, 4) is 22.9 Å². The Kier molecular flexibility index (Phi) is 6.81. The van der Waals surface area contributed by atoms with Crippen LogP contribution in [0, 0.1) is 12.7 Å². The molecule has 0 aliphatic carbocycles. The summed E-state index contributed by atoms with van der Waals surface area (Å²) in [5.74, 6) is 1.60. The third kappa shape index (κ3) is 5.39. The molecule has 0 atom stereocenters. The van der Waals surface area contributed by atoms with Crippen molar-refractivity contribution in [1.82, 2.24) is 19.5 Å². The zero-order chi connectivity index (χ0) is 26.8. The highest BCUT2D eigenvalue weighted by atomic mass is 19.1. The largest absolute Gasteiger partial charge is 0.489 e. The maximum absolute atomic E-state index is 14.3. The van der Waals surface area contributed by atoms with Crippen LogP contribution in [0.4, 0.5) is 10.2 Å². The molecule has 5 aromatic rings. The van der Waals surface area contributed by atoms with Gasteiger partial charge in [0.25, 0.3) is 0 Å². The van der Waals surface area contributed by atoms with Crippen LogP contribution in [0.5, 0.6) is 17.2 Å². The Balaban J connectivity index is 1.22. The fraction of sp³-hybridized carbons (Fsp3) is 0.233.